The molecule has 1 fully saturated rings. The Hall–Kier alpha value is -2.77. The maximum atomic E-state index is 12.4. The molecule has 3 aromatic rings. The molecule has 1 saturated heterocycles. The van der Waals surface area contributed by atoms with E-state index in [0.29, 0.717) is 30.8 Å². The molecule has 0 saturated carbocycles. The summed E-state index contributed by atoms with van der Waals surface area (Å²) in [6.45, 7) is 5.26. The quantitative estimate of drug-likeness (QED) is 0.750. The van der Waals surface area contributed by atoms with Gasteiger partial charge in [0.25, 0.3) is 5.91 Å². The first-order valence-corrected chi connectivity index (χ1v) is 8.95. The predicted octanol–water partition coefficient (Wildman–Crippen LogP) is 2.36. The number of hydrogen-bond acceptors (Lipinski definition) is 5. The lowest BCUT2D eigenvalue weighted by molar-refractivity contribution is -0.137. The molecule has 1 atom stereocenters. The van der Waals surface area contributed by atoms with Crippen LogP contribution in [0, 0.1) is 0 Å². The van der Waals surface area contributed by atoms with E-state index in [1.54, 1.807) is 18.6 Å². The third-order valence-corrected chi connectivity index (χ3v) is 4.47. The van der Waals surface area contributed by atoms with Gasteiger partial charge in [0, 0.05) is 12.7 Å². The number of rotatable bonds is 5. The van der Waals surface area contributed by atoms with Crippen LogP contribution in [-0.2, 0) is 16.0 Å². The molecule has 1 unspecified atom stereocenters. The molecule has 27 heavy (non-hydrogen) atoms. The van der Waals surface area contributed by atoms with Gasteiger partial charge in [-0.05, 0) is 25.5 Å². The van der Waals surface area contributed by atoms with E-state index in [9.17, 15) is 4.79 Å². The van der Waals surface area contributed by atoms with E-state index in [0.717, 1.165) is 5.65 Å². The average molecular weight is 366 g/mol. The summed E-state index contributed by atoms with van der Waals surface area (Å²) in [5.41, 5.74) is 3.10. The lowest BCUT2D eigenvalue weighted by Gasteiger charge is -2.17. The zero-order valence-corrected chi connectivity index (χ0v) is 15.4. The van der Waals surface area contributed by atoms with Crippen molar-refractivity contribution in [1.29, 1.82) is 0 Å². The standard InChI is InChI=1S/C20H22N4O3/c1-20(2)26-12-16(27-20)10-22-19(25)15-8-17-18(21-9-15)24(13-23-17)11-14-6-4-3-5-7-14/h3-9,13,16H,10-12H2,1-2H3,(H,22,25). The Bertz CT molecular complexity index is 952. The minimum absolute atomic E-state index is 0.147. The number of benzene rings is 1. The van der Waals surface area contributed by atoms with Gasteiger partial charge in [0.05, 0.1) is 25.0 Å². The largest absolute Gasteiger partial charge is 0.349 e. The van der Waals surface area contributed by atoms with Crippen molar-refractivity contribution in [2.75, 3.05) is 13.2 Å². The summed E-state index contributed by atoms with van der Waals surface area (Å²) in [4.78, 5) is 21.3. The number of imidazole rings is 1. The molecule has 1 N–H and O–H groups in total. The van der Waals surface area contributed by atoms with E-state index >= 15 is 0 Å². The Kier molecular flexibility index (Phi) is 4.63. The molecule has 7 heteroatoms. The summed E-state index contributed by atoms with van der Waals surface area (Å²) in [6.07, 6.45) is 3.18. The zero-order chi connectivity index (χ0) is 18.9. The van der Waals surface area contributed by atoms with Crippen molar-refractivity contribution in [2.24, 2.45) is 0 Å². The Morgan fingerprint density at radius 1 is 1.30 bits per heavy atom. The zero-order valence-electron chi connectivity index (χ0n) is 15.4. The van der Waals surface area contributed by atoms with Crippen LogP contribution in [0.15, 0.2) is 48.9 Å². The SMILES string of the molecule is CC1(C)OCC(CNC(=O)c2cnc3c(c2)ncn3Cc2ccccc2)O1. The average Bonchev–Trinajstić information content (AvgIpc) is 3.23. The fraction of sp³-hybridized carbons (Fsp3) is 0.350. The van der Waals surface area contributed by atoms with Gasteiger partial charge in [-0.25, -0.2) is 9.97 Å². The van der Waals surface area contributed by atoms with Crippen LogP contribution >= 0.6 is 0 Å². The minimum atomic E-state index is -0.596. The molecule has 140 valence electrons. The number of ether oxygens (including phenoxy) is 2. The number of fused-ring (bicyclic) bond motifs is 1. The van der Waals surface area contributed by atoms with Gasteiger partial charge in [-0.2, -0.15) is 0 Å². The van der Waals surface area contributed by atoms with Gasteiger partial charge in [-0.15, -0.1) is 0 Å². The molecule has 0 spiro atoms. The third kappa shape index (κ3) is 3.99. The van der Waals surface area contributed by atoms with Crippen LogP contribution in [0.3, 0.4) is 0 Å². The summed E-state index contributed by atoms with van der Waals surface area (Å²) in [7, 11) is 0. The number of nitrogens with zero attached hydrogens (tertiary/aromatic N) is 3. The fourth-order valence-electron chi connectivity index (χ4n) is 3.14. The van der Waals surface area contributed by atoms with Crippen molar-refractivity contribution in [1.82, 2.24) is 19.9 Å². The van der Waals surface area contributed by atoms with Gasteiger partial charge < -0.3 is 19.4 Å². The minimum Gasteiger partial charge on any atom is -0.349 e. The summed E-state index contributed by atoms with van der Waals surface area (Å²) >= 11 is 0. The van der Waals surface area contributed by atoms with Gasteiger partial charge in [-0.1, -0.05) is 30.3 Å². The second-order valence-corrected chi connectivity index (χ2v) is 7.09. The third-order valence-electron chi connectivity index (χ3n) is 4.47. The monoisotopic (exact) mass is 366 g/mol. The van der Waals surface area contributed by atoms with Gasteiger partial charge in [-0.3, -0.25) is 4.79 Å². The molecule has 0 bridgehead atoms. The number of nitrogens with one attached hydrogen (secondary N) is 1. The smallest absolute Gasteiger partial charge is 0.253 e. The molecule has 7 nitrogen and oxygen atoms in total. The molecule has 1 aromatic carbocycles. The summed E-state index contributed by atoms with van der Waals surface area (Å²) in [5.74, 6) is -0.795. The maximum absolute atomic E-state index is 12.4. The first-order valence-electron chi connectivity index (χ1n) is 8.95. The molecule has 1 aliphatic heterocycles. The van der Waals surface area contributed by atoms with Gasteiger partial charge in [0.15, 0.2) is 11.4 Å². The predicted molar refractivity (Wildman–Crippen MR) is 100 cm³/mol. The topological polar surface area (TPSA) is 78.3 Å². The first-order chi connectivity index (χ1) is 13.0. The highest BCUT2D eigenvalue weighted by molar-refractivity contribution is 5.96. The molecule has 1 aliphatic rings. The van der Waals surface area contributed by atoms with Crippen molar-refractivity contribution in [3.8, 4) is 0 Å². The highest BCUT2D eigenvalue weighted by Crippen LogP contribution is 2.21. The molecular weight excluding hydrogens is 344 g/mol. The van der Waals surface area contributed by atoms with Crippen LogP contribution in [0.4, 0.5) is 0 Å². The van der Waals surface area contributed by atoms with Crippen LogP contribution in [0.1, 0.15) is 29.8 Å². The Labute approximate surface area is 157 Å². The van der Waals surface area contributed by atoms with Crippen LogP contribution in [-0.4, -0.2) is 45.5 Å². The van der Waals surface area contributed by atoms with Crippen molar-refractivity contribution in [2.45, 2.75) is 32.3 Å². The van der Waals surface area contributed by atoms with Crippen LogP contribution < -0.4 is 5.32 Å². The Morgan fingerprint density at radius 2 is 2.11 bits per heavy atom. The summed E-state index contributed by atoms with van der Waals surface area (Å²) in [5, 5.41) is 2.87. The van der Waals surface area contributed by atoms with E-state index in [4.69, 9.17) is 9.47 Å². The lowest BCUT2D eigenvalue weighted by Crippen LogP contribution is -2.34. The Morgan fingerprint density at radius 3 is 2.85 bits per heavy atom. The van der Waals surface area contributed by atoms with E-state index < -0.39 is 5.79 Å². The number of hydrogen-bond donors (Lipinski definition) is 1. The molecule has 3 heterocycles. The molecular formula is C20H22N4O3. The highest BCUT2D eigenvalue weighted by atomic mass is 16.7. The molecule has 2 aromatic heterocycles. The molecule has 1 amide bonds. The normalized spacial score (nSPS) is 18.7. The number of carbonyl (C=O) groups excluding carboxylic acids is 1. The molecule has 0 aliphatic carbocycles. The van der Waals surface area contributed by atoms with E-state index in [1.807, 2.05) is 36.6 Å². The van der Waals surface area contributed by atoms with Crippen LogP contribution in [0.2, 0.25) is 0 Å². The van der Waals surface area contributed by atoms with Gasteiger partial charge >= 0.3 is 0 Å². The molecule has 0 radical (unpaired) electrons. The highest BCUT2D eigenvalue weighted by Gasteiger charge is 2.32. The van der Waals surface area contributed by atoms with Crippen molar-refractivity contribution < 1.29 is 14.3 Å². The van der Waals surface area contributed by atoms with Crippen LogP contribution in [0.25, 0.3) is 11.2 Å². The van der Waals surface area contributed by atoms with Crippen LogP contribution in [0.5, 0.6) is 0 Å². The van der Waals surface area contributed by atoms with Crippen molar-refractivity contribution in [3.05, 3.63) is 60.0 Å². The second-order valence-electron chi connectivity index (χ2n) is 7.09. The molecule has 4 rings (SSSR count). The summed E-state index contributed by atoms with van der Waals surface area (Å²) < 4.78 is 13.2. The first kappa shape index (κ1) is 17.6. The van der Waals surface area contributed by atoms with E-state index in [-0.39, 0.29) is 12.0 Å². The maximum Gasteiger partial charge on any atom is 0.253 e. The summed E-state index contributed by atoms with van der Waals surface area (Å²) in [6, 6.07) is 11.9. The van der Waals surface area contributed by atoms with Crippen molar-refractivity contribution >= 4 is 17.1 Å². The number of pyridine rings is 1. The van der Waals surface area contributed by atoms with E-state index in [1.165, 1.54) is 5.56 Å². The lowest BCUT2D eigenvalue weighted by atomic mass is 10.2. The number of aromatic nitrogens is 3. The van der Waals surface area contributed by atoms with Crippen molar-refractivity contribution in [3.63, 3.8) is 0 Å². The number of carbonyl (C=O) groups is 1. The van der Waals surface area contributed by atoms with Gasteiger partial charge in [0.2, 0.25) is 0 Å². The van der Waals surface area contributed by atoms with Gasteiger partial charge in [0.1, 0.15) is 11.6 Å². The Balaban J connectivity index is 1.43. The fourth-order valence-corrected chi connectivity index (χ4v) is 3.14. The number of amides is 1. The second kappa shape index (κ2) is 7.09. The van der Waals surface area contributed by atoms with E-state index in [2.05, 4.69) is 27.4 Å².